The van der Waals surface area contributed by atoms with Crippen molar-refractivity contribution in [3.8, 4) is 0 Å². The highest BCUT2D eigenvalue weighted by molar-refractivity contribution is 5.97. The summed E-state index contributed by atoms with van der Waals surface area (Å²) in [5, 5.41) is 33.4. The van der Waals surface area contributed by atoms with Crippen molar-refractivity contribution < 1.29 is 44.1 Å². The third-order valence-electron chi connectivity index (χ3n) is 3.91. The van der Waals surface area contributed by atoms with E-state index < -0.39 is 79.2 Å². The number of carboxylic acid groups (broad SMARTS) is 2. The molecule has 0 rings (SSSR count). The Morgan fingerprint density at radius 3 is 1.65 bits per heavy atom. The molecule has 0 saturated heterocycles. The van der Waals surface area contributed by atoms with Crippen molar-refractivity contribution in [2.75, 3.05) is 6.61 Å². The standard InChI is InChI=1S/C17H29N5O9/c1-7(2)3-11(17(30)31)22-15(28)9(4-12(19)24)21-16(29)10(5-13(25)26)20-14(27)8(18)6-23/h7-11,23H,3-6,18H2,1-2H3,(H2,19,24)(H,20,27)(H,21,29)(H,22,28)(H,25,26)(H,30,31). The number of carbonyl (C=O) groups excluding carboxylic acids is 4. The number of nitrogens with two attached hydrogens (primary N) is 2. The van der Waals surface area contributed by atoms with Gasteiger partial charge in [-0.1, -0.05) is 13.8 Å². The van der Waals surface area contributed by atoms with Crippen molar-refractivity contribution in [2.45, 2.75) is 57.3 Å². The van der Waals surface area contributed by atoms with Crippen molar-refractivity contribution in [1.29, 1.82) is 0 Å². The first kappa shape index (κ1) is 27.7. The minimum atomic E-state index is -1.70. The Morgan fingerprint density at radius 2 is 1.26 bits per heavy atom. The Balaban J connectivity index is 5.51. The van der Waals surface area contributed by atoms with Gasteiger partial charge in [0.2, 0.25) is 23.6 Å². The lowest BCUT2D eigenvalue weighted by molar-refractivity contribution is -0.144. The fourth-order valence-corrected chi connectivity index (χ4v) is 2.39. The van der Waals surface area contributed by atoms with E-state index >= 15 is 0 Å². The number of aliphatic hydroxyl groups is 1. The van der Waals surface area contributed by atoms with Gasteiger partial charge in [0.1, 0.15) is 24.2 Å². The average Bonchev–Trinajstić information content (AvgIpc) is 2.64. The SMILES string of the molecule is CC(C)CC(NC(=O)C(CC(N)=O)NC(=O)C(CC(=O)O)NC(=O)C(N)CO)C(=O)O. The lowest BCUT2D eigenvalue weighted by atomic mass is 10.0. The number of aliphatic carboxylic acids is 2. The summed E-state index contributed by atoms with van der Waals surface area (Å²) >= 11 is 0. The van der Waals surface area contributed by atoms with Gasteiger partial charge in [-0.25, -0.2) is 4.79 Å². The molecule has 0 aliphatic heterocycles. The fourth-order valence-electron chi connectivity index (χ4n) is 2.39. The number of primary amides is 1. The highest BCUT2D eigenvalue weighted by atomic mass is 16.4. The molecule has 176 valence electrons. The van der Waals surface area contributed by atoms with E-state index in [0.29, 0.717) is 0 Å². The van der Waals surface area contributed by atoms with Crippen molar-refractivity contribution in [3.63, 3.8) is 0 Å². The predicted octanol–water partition coefficient (Wildman–Crippen LogP) is -3.76. The number of carboxylic acids is 2. The molecule has 4 atom stereocenters. The first-order valence-corrected chi connectivity index (χ1v) is 9.28. The second-order valence-corrected chi connectivity index (χ2v) is 7.21. The molecule has 0 heterocycles. The van der Waals surface area contributed by atoms with Crippen LogP contribution in [0.25, 0.3) is 0 Å². The average molecular weight is 447 g/mol. The van der Waals surface area contributed by atoms with Crippen LogP contribution in [0.5, 0.6) is 0 Å². The molecule has 14 heteroatoms. The molecule has 4 amide bonds. The summed E-state index contributed by atoms with van der Waals surface area (Å²) in [6, 6.07) is -6.06. The van der Waals surface area contributed by atoms with E-state index in [1.165, 1.54) is 0 Å². The van der Waals surface area contributed by atoms with Gasteiger partial charge in [0, 0.05) is 0 Å². The predicted molar refractivity (Wildman–Crippen MR) is 104 cm³/mol. The number of hydrogen-bond acceptors (Lipinski definition) is 8. The summed E-state index contributed by atoms with van der Waals surface area (Å²) in [7, 11) is 0. The Morgan fingerprint density at radius 1 is 0.806 bits per heavy atom. The summed E-state index contributed by atoms with van der Waals surface area (Å²) in [5.74, 6) is -7.13. The molecule has 0 radical (unpaired) electrons. The number of amides is 4. The molecule has 4 unspecified atom stereocenters. The van der Waals surface area contributed by atoms with Crippen LogP contribution in [0.1, 0.15) is 33.1 Å². The summed E-state index contributed by atoms with van der Waals surface area (Å²) in [6.07, 6.45) is -1.55. The molecule has 10 N–H and O–H groups in total. The number of hydrogen-bond donors (Lipinski definition) is 8. The largest absolute Gasteiger partial charge is 0.481 e. The molecule has 0 bridgehead atoms. The van der Waals surface area contributed by atoms with Crippen LogP contribution in [0.4, 0.5) is 0 Å². The second kappa shape index (κ2) is 13.1. The van der Waals surface area contributed by atoms with E-state index in [0.717, 1.165) is 0 Å². The van der Waals surface area contributed by atoms with E-state index in [1.54, 1.807) is 13.8 Å². The molecule has 0 fully saturated rings. The molecule has 14 nitrogen and oxygen atoms in total. The van der Waals surface area contributed by atoms with Gasteiger partial charge in [0.25, 0.3) is 0 Å². The van der Waals surface area contributed by atoms with Crippen LogP contribution in [-0.2, 0) is 28.8 Å². The van der Waals surface area contributed by atoms with E-state index in [9.17, 15) is 33.9 Å². The van der Waals surface area contributed by atoms with Crippen LogP contribution in [0.15, 0.2) is 0 Å². The van der Waals surface area contributed by atoms with Gasteiger partial charge < -0.3 is 42.7 Å². The van der Waals surface area contributed by atoms with E-state index in [-0.39, 0.29) is 12.3 Å². The maximum absolute atomic E-state index is 12.5. The molecular weight excluding hydrogens is 418 g/mol. The number of aliphatic hydroxyl groups excluding tert-OH is 1. The van der Waals surface area contributed by atoms with Crippen molar-refractivity contribution in [3.05, 3.63) is 0 Å². The quantitative estimate of drug-likeness (QED) is 0.129. The topological polar surface area (TPSA) is 251 Å². The van der Waals surface area contributed by atoms with E-state index in [2.05, 4.69) is 10.6 Å². The van der Waals surface area contributed by atoms with Gasteiger partial charge in [-0.3, -0.25) is 24.0 Å². The second-order valence-electron chi connectivity index (χ2n) is 7.21. The zero-order valence-corrected chi connectivity index (χ0v) is 17.2. The molecule has 0 aliphatic rings. The van der Waals surface area contributed by atoms with Crippen LogP contribution < -0.4 is 27.4 Å². The maximum atomic E-state index is 12.5. The highest BCUT2D eigenvalue weighted by Crippen LogP contribution is 2.06. The maximum Gasteiger partial charge on any atom is 0.326 e. The number of carbonyl (C=O) groups is 6. The lowest BCUT2D eigenvalue weighted by Crippen LogP contribution is -2.58. The van der Waals surface area contributed by atoms with Crippen LogP contribution in [-0.4, -0.2) is 81.7 Å². The molecule has 0 aromatic rings. The van der Waals surface area contributed by atoms with Crippen LogP contribution in [0.2, 0.25) is 0 Å². The third kappa shape index (κ3) is 10.9. The van der Waals surface area contributed by atoms with E-state index in [4.69, 9.17) is 21.7 Å². The van der Waals surface area contributed by atoms with Gasteiger partial charge in [-0.05, 0) is 12.3 Å². The van der Waals surface area contributed by atoms with Crippen molar-refractivity contribution in [2.24, 2.45) is 17.4 Å². The van der Waals surface area contributed by atoms with Crippen molar-refractivity contribution in [1.82, 2.24) is 16.0 Å². The third-order valence-corrected chi connectivity index (χ3v) is 3.91. The fraction of sp³-hybridized carbons (Fsp3) is 0.647. The zero-order chi connectivity index (χ0) is 24.3. The van der Waals surface area contributed by atoms with Gasteiger partial charge in [0.05, 0.1) is 19.4 Å². The number of nitrogens with one attached hydrogen (secondary N) is 3. The first-order valence-electron chi connectivity index (χ1n) is 9.28. The summed E-state index contributed by atoms with van der Waals surface area (Å²) in [5.41, 5.74) is 10.4. The minimum absolute atomic E-state index is 0.0645. The van der Waals surface area contributed by atoms with Gasteiger partial charge in [0.15, 0.2) is 0 Å². The van der Waals surface area contributed by atoms with Gasteiger partial charge in [-0.15, -0.1) is 0 Å². The summed E-state index contributed by atoms with van der Waals surface area (Å²) < 4.78 is 0. The Kier molecular flexibility index (Phi) is 11.7. The number of rotatable bonds is 14. The molecule has 31 heavy (non-hydrogen) atoms. The van der Waals surface area contributed by atoms with E-state index in [1.807, 2.05) is 5.32 Å². The normalized spacial score (nSPS) is 14.6. The van der Waals surface area contributed by atoms with Crippen LogP contribution in [0, 0.1) is 5.92 Å². The molecule has 0 aromatic heterocycles. The zero-order valence-electron chi connectivity index (χ0n) is 17.2. The summed E-state index contributed by atoms with van der Waals surface area (Å²) in [4.78, 5) is 70.4. The lowest BCUT2D eigenvalue weighted by Gasteiger charge is -2.24. The summed E-state index contributed by atoms with van der Waals surface area (Å²) in [6.45, 7) is 2.68. The molecule has 0 saturated carbocycles. The Hall–Kier alpha value is -3.26. The van der Waals surface area contributed by atoms with Crippen molar-refractivity contribution >= 4 is 35.6 Å². The van der Waals surface area contributed by atoms with Gasteiger partial charge >= 0.3 is 11.9 Å². The molecule has 0 aliphatic carbocycles. The monoisotopic (exact) mass is 447 g/mol. The molecular formula is C17H29N5O9. The van der Waals surface area contributed by atoms with Crippen LogP contribution >= 0.6 is 0 Å². The highest BCUT2D eigenvalue weighted by Gasteiger charge is 2.32. The Labute approximate surface area is 177 Å². The van der Waals surface area contributed by atoms with Crippen LogP contribution in [0.3, 0.4) is 0 Å². The smallest absolute Gasteiger partial charge is 0.326 e. The first-order chi connectivity index (χ1) is 14.3. The Bertz CT molecular complexity index is 697. The molecule has 0 aromatic carbocycles. The van der Waals surface area contributed by atoms with Gasteiger partial charge in [-0.2, -0.15) is 0 Å². The minimum Gasteiger partial charge on any atom is -0.481 e. The molecule has 0 spiro atoms.